The maximum absolute atomic E-state index is 10.3. The highest BCUT2D eigenvalue weighted by molar-refractivity contribution is 5.76. The lowest BCUT2D eigenvalue weighted by molar-refractivity contribution is -0.119. The van der Waals surface area contributed by atoms with E-state index in [1.165, 1.54) is 5.01 Å². The Morgan fingerprint density at radius 3 is 3.00 bits per heavy atom. The summed E-state index contributed by atoms with van der Waals surface area (Å²) in [4.78, 5) is 10.3. The number of hydrogen-bond acceptors (Lipinski definition) is 3. The molecule has 1 aliphatic heterocycles. The molecule has 11 heavy (non-hydrogen) atoms. The van der Waals surface area contributed by atoms with E-state index in [1.807, 2.05) is 0 Å². The number of allylic oxidation sites excluding steroid dienone is 3. The normalized spacial score (nSPS) is 15.1. The first-order valence-electron chi connectivity index (χ1n) is 3.17. The molecule has 0 atom stereocenters. The third kappa shape index (κ3) is 2.66. The van der Waals surface area contributed by atoms with Crippen LogP contribution in [-0.2, 0) is 4.79 Å². The molecule has 0 aromatic carbocycles. The fourth-order valence-corrected chi connectivity index (χ4v) is 0.666. The van der Waals surface area contributed by atoms with Crippen LogP contribution in [0.15, 0.2) is 29.5 Å². The minimum Gasteiger partial charge on any atom is -0.271 e. The Bertz CT molecular complexity index is 214. The van der Waals surface area contributed by atoms with Crippen molar-refractivity contribution in [2.75, 3.05) is 6.54 Å². The Morgan fingerprint density at radius 2 is 2.27 bits per heavy atom. The molecular weight excluding hydrogens is 142 g/mol. The number of amides is 1. The fraction of sp³-hybridized carbons (Fsp3) is 0.143. The van der Waals surface area contributed by atoms with Gasteiger partial charge in [0, 0.05) is 12.4 Å². The number of carbonyl (C=O) groups excluding carboxylic acids is 1. The zero-order chi connectivity index (χ0) is 8.10. The van der Waals surface area contributed by atoms with Gasteiger partial charge in [0.05, 0.1) is 0 Å². The van der Waals surface area contributed by atoms with Gasteiger partial charge in [-0.1, -0.05) is 6.08 Å². The average molecular weight is 150 g/mol. The summed E-state index contributed by atoms with van der Waals surface area (Å²) in [6.07, 6.45) is 8.54. The van der Waals surface area contributed by atoms with Crippen LogP contribution in [0.2, 0.25) is 0 Å². The molecule has 4 nitrogen and oxygen atoms in total. The summed E-state index contributed by atoms with van der Waals surface area (Å²) in [5, 5.41) is 5.27. The molecule has 0 aliphatic carbocycles. The Morgan fingerprint density at radius 1 is 1.45 bits per heavy atom. The molecule has 57 valence electrons. The Balaban J connectivity index is 2.53. The summed E-state index contributed by atoms with van der Waals surface area (Å²) in [6, 6.07) is 0. The van der Waals surface area contributed by atoms with E-state index in [9.17, 15) is 4.79 Å². The summed E-state index contributed by atoms with van der Waals surface area (Å²) in [5.41, 5.74) is 6.68. The molecule has 4 heteroatoms. The molecular formula is C7H8N3O. The van der Waals surface area contributed by atoms with Gasteiger partial charge in [-0.2, -0.15) is 5.10 Å². The standard InChI is InChI=1S/C7H8N3O/c8-7(11)6-10-5-3-1-2-4-9-10/h1-5,8H,6H2. The zero-order valence-corrected chi connectivity index (χ0v) is 5.90. The van der Waals surface area contributed by atoms with Crippen molar-refractivity contribution in [2.45, 2.75) is 0 Å². The largest absolute Gasteiger partial charge is 0.271 e. The number of hydrogen-bond donors (Lipinski definition) is 0. The summed E-state index contributed by atoms with van der Waals surface area (Å²) >= 11 is 0. The second-order valence-electron chi connectivity index (χ2n) is 2.01. The minimum atomic E-state index is -0.645. The van der Waals surface area contributed by atoms with Crippen LogP contribution in [0, 0.1) is 0 Å². The van der Waals surface area contributed by atoms with Crippen LogP contribution >= 0.6 is 0 Å². The van der Waals surface area contributed by atoms with Gasteiger partial charge in [-0.15, -0.1) is 0 Å². The number of hydrazone groups is 1. The lowest BCUT2D eigenvalue weighted by Gasteiger charge is -2.08. The summed E-state index contributed by atoms with van der Waals surface area (Å²) in [7, 11) is 0. The van der Waals surface area contributed by atoms with Crippen molar-refractivity contribution < 1.29 is 4.79 Å². The second kappa shape index (κ2) is 3.55. The van der Waals surface area contributed by atoms with E-state index in [4.69, 9.17) is 5.73 Å². The van der Waals surface area contributed by atoms with Gasteiger partial charge in [-0.25, -0.2) is 0 Å². The molecule has 1 radical (unpaired) electrons. The molecule has 1 rings (SSSR count). The molecule has 0 saturated heterocycles. The molecule has 0 saturated carbocycles. The first-order chi connectivity index (χ1) is 5.29. The van der Waals surface area contributed by atoms with E-state index in [0.717, 1.165) is 0 Å². The molecule has 0 aromatic rings. The fourth-order valence-electron chi connectivity index (χ4n) is 0.666. The van der Waals surface area contributed by atoms with E-state index in [-0.39, 0.29) is 6.54 Å². The van der Waals surface area contributed by atoms with Crippen LogP contribution in [0.1, 0.15) is 0 Å². The highest BCUT2D eigenvalue weighted by Crippen LogP contribution is 1.94. The van der Waals surface area contributed by atoms with Crippen molar-refractivity contribution in [3.8, 4) is 0 Å². The predicted molar refractivity (Wildman–Crippen MR) is 41.6 cm³/mol. The van der Waals surface area contributed by atoms with Crippen molar-refractivity contribution >= 4 is 12.1 Å². The SMILES string of the molecule is [NH]C(=O)CN1C=CC=CC=N1. The van der Waals surface area contributed by atoms with Crippen LogP contribution in [0.3, 0.4) is 0 Å². The molecule has 1 N–H and O–H groups in total. The van der Waals surface area contributed by atoms with Gasteiger partial charge in [-0.05, 0) is 12.2 Å². The number of nitrogens with zero attached hydrogens (tertiary/aromatic N) is 2. The monoisotopic (exact) mass is 150 g/mol. The molecule has 0 aromatic heterocycles. The first-order valence-corrected chi connectivity index (χ1v) is 3.17. The van der Waals surface area contributed by atoms with Gasteiger partial charge in [-0.3, -0.25) is 15.5 Å². The summed E-state index contributed by atoms with van der Waals surface area (Å²) in [5.74, 6) is -0.645. The number of rotatable bonds is 2. The van der Waals surface area contributed by atoms with E-state index in [2.05, 4.69) is 5.10 Å². The van der Waals surface area contributed by atoms with Crippen LogP contribution in [0.25, 0.3) is 0 Å². The minimum absolute atomic E-state index is 0.00861. The molecule has 0 fully saturated rings. The third-order valence-electron chi connectivity index (χ3n) is 1.09. The van der Waals surface area contributed by atoms with E-state index >= 15 is 0 Å². The van der Waals surface area contributed by atoms with Crippen molar-refractivity contribution in [2.24, 2.45) is 5.10 Å². The quantitative estimate of drug-likeness (QED) is 0.563. The van der Waals surface area contributed by atoms with Gasteiger partial charge in [0.25, 0.3) is 5.91 Å². The third-order valence-corrected chi connectivity index (χ3v) is 1.09. The predicted octanol–water partition coefficient (Wildman–Crippen LogP) is 0.167. The van der Waals surface area contributed by atoms with Crippen molar-refractivity contribution in [3.05, 3.63) is 24.4 Å². The van der Waals surface area contributed by atoms with Gasteiger partial charge in [0.2, 0.25) is 0 Å². The molecule has 0 bridgehead atoms. The maximum atomic E-state index is 10.3. The molecule has 1 heterocycles. The molecule has 0 unspecified atom stereocenters. The van der Waals surface area contributed by atoms with E-state index in [1.54, 1.807) is 30.6 Å². The van der Waals surface area contributed by atoms with Gasteiger partial charge >= 0.3 is 0 Å². The molecule has 0 spiro atoms. The van der Waals surface area contributed by atoms with E-state index in [0.29, 0.717) is 0 Å². The highest BCUT2D eigenvalue weighted by Gasteiger charge is 2.00. The van der Waals surface area contributed by atoms with Crippen LogP contribution in [0.4, 0.5) is 0 Å². The smallest absolute Gasteiger partial charge is 0.260 e. The van der Waals surface area contributed by atoms with Gasteiger partial charge in [0.15, 0.2) is 0 Å². The Hall–Kier alpha value is -1.58. The number of carbonyl (C=O) groups is 1. The van der Waals surface area contributed by atoms with Crippen molar-refractivity contribution in [1.82, 2.24) is 10.7 Å². The Kier molecular flexibility index (Phi) is 2.43. The van der Waals surface area contributed by atoms with Gasteiger partial charge < -0.3 is 0 Å². The number of nitrogens with one attached hydrogen (secondary N) is 1. The topological polar surface area (TPSA) is 56.5 Å². The lowest BCUT2D eigenvalue weighted by atomic mass is 10.5. The Labute approximate surface area is 64.7 Å². The molecule has 1 aliphatic rings. The van der Waals surface area contributed by atoms with E-state index < -0.39 is 5.91 Å². The lowest BCUT2D eigenvalue weighted by Crippen LogP contribution is -2.20. The zero-order valence-electron chi connectivity index (χ0n) is 5.90. The summed E-state index contributed by atoms with van der Waals surface area (Å²) < 4.78 is 0. The van der Waals surface area contributed by atoms with Crippen molar-refractivity contribution in [3.63, 3.8) is 0 Å². The van der Waals surface area contributed by atoms with Gasteiger partial charge in [0.1, 0.15) is 6.54 Å². The first kappa shape index (κ1) is 7.53. The average Bonchev–Trinajstić information content (AvgIpc) is 2.14. The maximum Gasteiger partial charge on any atom is 0.260 e. The van der Waals surface area contributed by atoms with Crippen LogP contribution in [-0.4, -0.2) is 23.7 Å². The van der Waals surface area contributed by atoms with Crippen LogP contribution in [0.5, 0.6) is 0 Å². The molecule has 1 amide bonds. The second-order valence-corrected chi connectivity index (χ2v) is 2.01. The summed E-state index contributed by atoms with van der Waals surface area (Å²) in [6.45, 7) is 0.00861. The highest BCUT2D eigenvalue weighted by atomic mass is 16.1. The van der Waals surface area contributed by atoms with Crippen molar-refractivity contribution in [1.29, 1.82) is 0 Å². The van der Waals surface area contributed by atoms with Crippen LogP contribution < -0.4 is 5.73 Å².